The zero-order valence-corrected chi connectivity index (χ0v) is 12.6. The Hall–Kier alpha value is -2.13. The van der Waals surface area contributed by atoms with E-state index in [2.05, 4.69) is 10.3 Å². The Labute approximate surface area is 126 Å². The van der Waals surface area contributed by atoms with E-state index in [1.807, 2.05) is 0 Å². The van der Waals surface area contributed by atoms with Crippen molar-refractivity contribution < 1.29 is 17.6 Å². The zero-order valence-electron chi connectivity index (χ0n) is 11.8. The van der Waals surface area contributed by atoms with Gasteiger partial charge in [0.2, 0.25) is 10.0 Å². The standard InChI is InChI=1S/C13H15N3O5S/c1-22(19,20)16-6-8(7-16)5-14-12(17)9-3-2-4-10-11(9)15-13(18)21-10/h2-4,8H,5-7H2,1H3,(H,14,17)(H,15,18). The Morgan fingerprint density at radius 2 is 2.18 bits per heavy atom. The van der Waals surface area contributed by atoms with Gasteiger partial charge in [-0.25, -0.2) is 17.5 Å². The fourth-order valence-electron chi connectivity index (χ4n) is 2.42. The van der Waals surface area contributed by atoms with Gasteiger partial charge in [-0.2, -0.15) is 0 Å². The smallest absolute Gasteiger partial charge is 0.408 e. The maximum absolute atomic E-state index is 12.2. The number of hydrogen-bond acceptors (Lipinski definition) is 5. The summed E-state index contributed by atoms with van der Waals surface area (Å²) in [5.41, 5.74) is 1.00. The molecule has 0 atom stereocenters. The van der Waals surface area contributed by atoms with Crippen LogP contribution >= 0.6 is 0 Å². The normalized spacial score (nSPS) is 16.6. The van der Waals surface area contributed by atoms with E-state index in [1.54, 1.807) is 18.2 Å². The first-order valence-electron chi connectivity index (χ1n) is 6.70. The van der Waals surface area contributed by atoms with Crippen molar-refractivity contribution >= 4 is 27.0 Å². The summed E-state index contributed by atoms with van der Waals surface area (Å²) in [7, 11) is -3.15. The molecular weight excluding hydrogens is 310 g/mol. The molecule has 1 aromatic carbocycles. The molecule has 2 aromatic rings. The van der Waals surface area contributed by atoms with Crippen LogP contribution in [0.1, 0.15) is 10.4 Å². The fourth-order valence-corrected chi connectivity index (χ4v) is 3.38. The van der Waals surface area contributed by atoms with Crippen molar-refractivity contribution in [2.75, 3.05) is 25.9 Å². The first-order chi connectivity index (χ1) is 10.3. The molecule has 8 nitrogen and oxygen atoms in total. The van der Waals surface area contributed by atoms with Crippen molar-refractivity contribution in [3.63, 3.8) is 0 Å². The van der Waals surface area contributed by atoms with Crippen LogP contribution in [0.5, 0.6) is 0 Å². The lowest BCUT2D eigenvalue weighted by molar-refractivity contribution is 0.0931. The molecule has 0 unspecified atom stereocenters. The third kappa shape index (κ3) is 2.77. The van der Waals surface area contributed by atoms with Crippen LogP contribution in [-0.4, -0.2) is 49.5 Å². The number of fused-ring (bicyclic) bond motifs is 1. The van der Waals surface area contributed by atoms with Gasteiger partial charge in [0, 0.05) is 25.6 Å². The van der Waals surface area contributed by atoms with E-state index in [-0.39, 0.29) is 11.8 Å². The highest BCUT2D eigenvalue weighted by atomic mass is 32.2. The SMILES string of the molecule is CS(=O)(=O)N1CC(CNC(=O)c2cccc3oc(=O)[nH]c23)C1. The number of benzene rings is 1. The van der Waals surface area contributed by atoms with Crippen LogP contribution in [0.3, 0.4) is 0 Å². The molecule has 1 amide bonds. The van der Waals surface area contributed by atoms with Crippen molar-refractivity contribution in [2.45, 2.75) is 0 Å². The number of hydrogen-bond donors (Lipinski definition) is 2. The molecule has 9 heteroatoms. The summed E-state index contributed by atoms with van der Waals surface area (Å²) in [5, 5.41) is 2.75. The minimum Gasteiger partial charge on any atom is -0.408 e. The molecule has 0 bridgehead atoms. The Bertz CT molecular complexity index is 876. The molecule has 1 fully saturated rings. The summed E-state index contributed by atoms with van der Waals surface area (Å²) in [4.78, 5) is 25.9. The molecule has 1 aliphatic rings. The molecule has 118 valence electrons. The first-order valence-corrected chi connectivity index (χ1v) is 8.54. The maximum Gasteiger partial charge on any atom is 0.417 e. The van der Waals surface area contributed by atoms with Crippen LogP contribution in [-0.2, 0) is 10.0 Å². The topological polar surface area (TPSA) is 112 Å². The lowest BCUT2D eigenvalue weighted by Crippen LogP contribution is -2.53. The van der Waals surface area contributed by atoms with E-state index < -0.39 is 15.8 Å². The summed E-state index contributed by atoms with van der Waals surface area (Å²) in [6.07, 6.45) is 1.16. The molecule has 2 N–H and O–H groups in total. The summed E-state index contributed by atoms with van der Waals surface area (Å²) in [5.74, 6) is -0.847. The van der Waals surface area contributed by atoms with Crippen LogP contribution in [0.15, 0.2) is 27.4 Å². The second-order valence-electron chi connectivity index (χ2n) is 5.35. The molecule has 1 aromatic heterocycles. The number of H-pyrrole nitrogens is 1. The number of aromatic amines is 1. The monoisotopic (exact) mass is 325 g/mol. The highest BCUT2D eigenvalue weighted by Crippen LogP contribution is 2.19. The van der Waals surface area contributed by atoms with Gasteiger partial charge in [-0.1, -0.05) is 6.07 Å². The van der Waals surface area contributed by atoms with E-state index in [9.17, 15) is 18.0 Å². The van der Waals surface area contributed by atoms with E-state index in [4.69, 9.17) is 4.42 Å². The van der Waals surface area contributed by atoms with Crippen molar-refractivity contribution in [1.82, 2.24) is 14.6 Å². The van der Waals surface area contributed by atoms with Gasteiger partial charge in [0.25, 0.3) is 5.91 Å². The van der Waals surface area contributed by atoms with Crippen LogP contribution in [0.25, 0.3) is 11.1 Å². The highest BCUT2D eigenvalue weighted by molar-refractivity contribution is 7.88. The molecule has 0 radical (unpaired) electrons. The number of nitrogens with one attached hydrogen (secondary N) is 2. The number of carbonyl (C=O) groups excluding carboxylic acids is 1. The van der Waals surface area contributed by atoms with E-state index in [0.29, 0.717) is 36.3 Å². The minimum absolute atomic E-state index is 0.0984. The molecule has 0 aliphatic carbocycles. The van der Waals surface area contributed by atoms with Gasteiger partial charge < -0.3 is 9.73 Å². The average molecular weight is 325 g/mol. The van der Waals surface area contributed by atoms with Gasteiger partial charge in [0.05, 0.1) is 17.3 Å². The van der Waals surface area contributed by atoms with Gasteiger partial charge in [-0.05, 0) is 12.1 Å². The largest absolute Gasteiger partial charge is 0.417 e. The Morgan fingerprint density at radius 1 is 1.45 bits per heavy atom. The molecule has 3 rings (SSSR count). The number of nitrogens with zero attached hydrogens (tertiary/aromatic N) is 1. The van der Waals surface area contributed by atoms with E-state index >= 15 is 0 Å². The van der Waals surface area contributed by atoms with Crippen molar-refractivity contribution in [2.24, 2.45) is 5.92 Å². The van der Waals surface area contributed by atoms with Crippen molar-refractivity contribution in [1.29, 1.82) is 0 Å². The second kappa shape index (κ2) is 5.25. The van der Waals surface area contributed by atoms with E-state index in [0.717, 1.165) is 6.26 Å². The van der Waals surface area contributed by atoms with Gasteiger partial charge >= 0.3 is 5.76 Å². The number of amides is 1. The van der Waals surface area contributed by atoms with E-state index in [1.165, 1.54) is 4.31 Å². The summed E-state index contributed by atoms with van der Waals surface area (Å²) >= 11 is 0. The van der Waals surface area contributed by atoms with Gasteiger partial charge in [0.1, 0.15) is 0 Å². The number of oxazole rings is 1. The molecule has 2 heterocycles. The molecule has 0 spiro atoms. The van der Waals surface area contributed by atoms with Crippen LogP contribution in [0.2, 0.25) is 0 Å². The number of sulfonamides is 1. The number of aromatic nitrogens is 1. The Balaban J connectivity index is 1.64. The second-order valence-corrected chi connectivity index (χ2v) is 7.33. The Morgan fingerprint density at radius 3 is 2.86 bits per heavy atom. The quantitative estimate of drug-likeness (QED) is 0.804. The van der Waals surface area contributed by atoms with Crippen LogP contribution in [0, 0.1) is 5.92 Å². The highest BCUT2D eigenvalue weighted by Gasteiger charge is 2.33. The average Bonchev–Trinajstić information content (AvgIpc) is 2.74. The number of carbonyl (C=O) groups is 1. The molecule has 22 heavy (non-hydrogen) atoms. The molecular formula is C13H15N3O5S. The third-order valence-corrected chi connectivity index (χ3v) is 4.88. The summed E-state index contributed by atoms with van der Waals surface area (Å²) in [6.45, 7) is 1.20. The van der Waals surface area contributed by atoms with Gasteiger partial charge in [0.15, 0.2) is 5.58 Å². The summed E-state index contributed by atoms with van der Waals surface area (Å²) < 4.78 is 28.8. The van der Waals surface area contributed by atoms with Crippen molar-refractivity contribution in [3.8, 4) is 0 Å². The lowest BCUT2D eigenvalue weighted by Gasteiger charge is -2.37. The minimum atomic E-state index is -3.15. The van der Waals surface area contributed by atoms with Crippen molar-refractivity contribution in [3.05, 3.63) is 34.3 Å². The molecule has 0 saturated carbocycles. The Kier molecular flexibility index (Phi) is 3.53. The zero-order chi connectivity index (χ0) is 15.9. The predicted molar refractivity (Wildman–Crippen MR) is 79.1 cm³/mol. The van der Waals surface area contributed by atoms with Gasteiger partial charge in [-0.3, -0.25) is 9.78 Å². The fraction of sp³-hybridized carbons (Fsp3) is 0.385. The van der Waals surface area contributed by atoms with Crippen LogP contribution in [0.4, 0.5) is 0 Å². The third-order valence-electron chi connectivity index (χ3n) is 3.64. The number of para-hydroxylation sites is 1. The molecule has 1 saturated heterocycles. The predicted octanol–water partition coefficient (Wildman–Crippen LogP) is -0.258. The maximum atomic E-state index is 12.2. The van der Waals surface area contributed by atoms with Gasteiger partial charge in [-0.15, -0.1) is 0 Å². The first kappa shape index (κ1) is 14.8. The lowest BCUT2D eigenvalue weighted by atomic mass is 10.0. The summed E-state index contributed by atoms with van der Waals surface area (Å²) in [6, 6.07) is 4.81. The molecule has 1 aliphatic heterocycles. The van der Waals surface area contributed by atoms with Crippen LogP contribution < -0.4 is 11.1 Å². The number of rotatable bonds is 4.